The third kappa shape index (κ3) is 2.73. The number of halogens is 4. The molecule has 0 saturated heterocycles. The van der Waals surface area contributed by atoms with Crippen LogP contribution in [0.25, 0.3) is 0 Å². The van der Waals surface area contributed by atoms with Gasteiger partial charge in [0.1, 0.15) is 6.54 Å². The molecule has 1 aromatic heterocycles. The lowest BCUT2D eigenvalue weighted by atomic mass is 10.5. The molecule has 0 amide bonds. The Morgan fingerprint density at radius 2 is 2.15 bits per heavy atom. The van der Waals surface area contributed by atoms with E-state index in [1.54, 1.807) is 0 Å². The van der Waals surface area contributed by atoms with Gasteiger partial charge in [-0.1, -0.05) is 11.6 Å². The van der Waals surface area contributed by atoms with Crippen LogP contribution in [0.4, 0.5) is 13.2 Å². The number of alkyl halides is 3. The molecule has 0 N–H and O–H groups in total. The van der Waals surface area contributed by atoms with Crippen molar-refractivity contribution in [2.24, 2.45) is 0 Å². The molecule has 0 saturated carbocycles. The van der Waals surface area contributed by atoms with Gasteiger partial charge in [-0.15, -0.1) is 0 Å². The van der Waals surface area contributed by atoms with Gasteiger partial charge in [0.2, 0.25) is 0 Å². The molecule has 0 aliphatic carbocycles. The molecule has 0 radical (unpaired) electrons. The van der Waals surface area contributed by atoms with E-state index in [9.17, 15) is 18.0 Å². The largest absolute Gasteiger partial charge is 0.406 e. The molecule has 0 aromatic carbocycles. The monoisotopic (exact) mass is 212 g/mol. The van der Waals surface area contributed by atoms with Crippen LogP contribution in [-0.4, -0.2) is 15.7 Å². The summed E-state index contributed by atoms with van der Waals surface area (Å²) in [5.41, 5.74) is -0.943. The molecule has 1 rings (SSSR count). The number of nitrogens with zero attached hydrogens (tertiary/aromatic N) is 2. The van der Waals surface area contributed by atoms with Crippen molar-refractivity contribution in [2.75, 3.05) is 0 Å². The Balaban J connectivity index is 3.03. The van der Waals surface area contributed by atoms with E-state index in [1.165, 1.54) is 0 Å². The van der Waals surface area contributed by atoms with E-state index in [0.717, 1.165) is 12.4 Å². The van der Waals surface area contributed by atoms with Gasteiger partial charge in [-0.25, -0.2) is 4.98 Å². The topological polar surface area (TPSA) is 34.9 Å². The summed E-state index contributed by atoms with van der Waals surface area (Å²) < 4.78 is 35.9. The Hall–Kier alpha value is -1.04. The molecule has 0 atom stereocenters. The fraction of sp³-hybridized carbons (Fsp3) is 0.333. The van der Waals surface area contributed by atoms with Gasteiger partial charge in [0.25, 0.3) is 5.56 Å². The summed E-state index contributed by atoms with van der Waals surface area (Å²) >= 11 is 5.23. The summed E-state index contributed by atoms with van der Waals surface area (Å²) in [5.74, 6) is 0. The summed E-state index contributed by atoms with van der Waals surface area (Å²) in [5, 5.41) is -0.466. The van der Waals surface area contributed by atoms with Gasteiger partial charge in [-0.3, -0.25) is 4.79 Å². The van der Waals surface area contributed by atoms with Crippen LogP contribution in [0.15, 0.2) is 17.2 Å². The second-order valence-corrected chi connectivity index (χ2v) is 2.62. The summed E-state index contributed by atoms with van der Waals surface area (Å²) in [6.07, 6.45) is -2.47. The van der Waals surface area contributed by atoms with E-state index in [-0.39, 0.29) is 0 Å². The molecule has 0 spiro atoms. The van der Waals surface area contributed by atoms with Gasteiger partial charge < -0.3 is 4.57 Å². The van der Waals surface area contributed by atoms with E-state index in [0.29, 0.717) is 4.57 Å². The maximum Gasteiger partial charge on any atom is 0.406 e. The van der Waals surface area contributed by atoms with Gasteiger partial charge in [0.05, 0.1) is 0 Å². The molecular formula is C6H4ClF3N2O. The minimum Gasteiger partial charge on any atom is -0.302 e. The first kappa shape index (κ1) is 10.0. The number of rotatable bonds is 1. The molecule has 1 heterocycles. The highest BCUT2D eigenvalue weighted by Crippen LogP contribution is 2.16. The van der Waals surface area contributed by atoms with Crippen LogP contribution in [0.1, 0.15) is 0 Å². The van der Waals surface area contributed by atoms with E-state index in [4.69, 9.17) is 11.6 Å². The molecule has 0 fully saturated rings. The second-order valence-electron chi connectivity index (χ2n) is 2.27. The zero-order chi connectivity index (χ0) is 10.1. The predicted molar refractivity (Wildman–Crippen MR) is 39.6 cm³/mol. The minimum atomic E-state index is -4.44. The van der Waals surface area contributed by atoms with Gasteiger partial charge in [-0.05, 0) is 0 Å². The predicted octanol–water partition coefficient (Wildman–Crippen LogP) is 1.46. The first-order valence-corrected chi connectivity index (χ1v) is 3.55. The molecule has 72 valence electrons. The van der Waals surface area contributed by atoms with E-state index >= 15 is 0 Å². The molecule has 3 nitrogen and oxygen atoms in total. The van der Waals surface area contributed by atoms with Crippen molar-refractivity contribution >= 4 is 11.6 Å². The van der Waals surface area contributed by atoms with Crippen LogP contribution in [0.3, 0.4) is 0 Å². The average molecular weight is 213 g/mol. The van der Waals surface area contributed by atoms with Crippen LogP contribution in [-0.2, 0) is 6.54 Å². The molecular weight excluding hydrogens is 209 g/mol. The van der Waals surface area contributed by atoms with Gasteiger partial charge >= 0.3 is 6.18 Å². The van der Waals surface area contributed by atoms with Gasteiger partial charge in [0.15, 0.2) is 5.15 Å². The maximum atomic E-state index is 11.8. The lowest BCUT2D eigenvalue weighted by molar-refractivity contribution is -0.141. The molecule has 1 aromatic rings. The number of hydrogen-bond donors (Lipinski definition) is 0. The molecule has 13 heavy (non-hydrogen) atoms. The van der Waals surface area contributed by atoms with Gasteiger partial charge in [-0.2, -0.15) is 13.2 Å². The smallest absolute Gasteiger partial charge is 0.302 e. The van der Waals surface area contributed by atoms with Crippen LogP contribution in [0.5, 0.6) is 0 Å². The normalized spacial score (nSPS) is 11.7. The average Bonchev–Trinajstić information content (AvgIpc) is 1.96. The van der Waals surface area contributed by atoms with Crippen molar-refractivity contribution < 1.29 is 13.2 Å². The first-order valence-electron chi connectivity index (χ1n) is 3.18. The van der Waals surface area contributed by atoms with E-state index in [2.05, 4.69) is 4.98 Å². The molecule has 0 bridgehead atoms. The Morgan fingerprint density at radius 1 is 1.54 bits per heavy atom. The van der Waals surface area contributed by atoms with Crippen molar-refractivity contribution in [3.8, 4) is 0 Å². The highest BCUT2D eigenvalue weighted by Gasteiger charge is 2.28. The zero-order valence-electron chi connectivity index (χ0n) is 6.18. The van der Waals surface area contributed by atoms with Crippen molar-refractivity contribution in [3.63, 3.8) is 0 Å². The van der Waals surface area contributed by atoms with E-state index < -0.39 is 23.4 Å². The second kappa shape index (κ2) is 3.37. The number of hydrogen-bond acceptors (Lipinski definition) is 2. The van der Waals surface area contributed by atoms with Crippen molar-refractivity contribution in [1.29, 1.82) is 0 Å². The fourth-order valence-corrected chi connectivity index (χ4v) is 0.903. The lowest BCUT2D eigenvalue weighted by Crippen LogP contribution is -2.28. The third-order valence-corrected chi connectivity index (χ3v) is 1.48. The summed E-state index contributed by atoms with van der Waals surface area (Å²) in [6.45, 7) is -1.35. The molecule has 0 aliphatic heterocycles. The van der Waals surface area contributed by atoms with E-state index in [1.807, 2.05) is 0 Å². The SMILES string of the molecule is O=c1c(Cl)nccn1CC(F)(F)F. The molecule has 0 aliphatic rings. The Morgan fingerprint density at radius 3 is 2.69 bits per heavy atom. The highest BCUT2D eigenvalue weighted by atomic mass is 35.5. The Labute approximate surface area is 75.8 Å². The minimum absolute atomic E-state index is 0.454. The quantitative estimate of drug-likeness (QED) is 0.706. The summed E-state index contributed by atoms with van der Waals surface area (Å²) in [7, 11) is 0. The van der Waals surface area contributed by atoms with Crippen molar-refractivity contribution in [1.82, 2.24) is 9.55 Å². The zero-order valence-corrected chi connectivity index (χ0v) is 6.93. The fourth-order valence-electron chi connectivity index (χ4n) is 0.738. The first-order chi connectivity index (χ1) is 5.90. The van der Waals surface area contributed by atoms with Crippen LogP contribution in [0.2, 0.25) is 5.15 Å². The summed E-state index contributed by atoms with van der Waals surface area (Å²) in [6, 6.07) is 0. The van der Waals surface area contributed by atoms with Gasteiger partial charge in [0, 0.05) is 12.4 Å². The van der Waals surface area contributed by atoms with Crippen molar-refractivity contribution in [3.05, 3.63) is 27.9 Å². The maximum absolute atomic E-state index is 11.8. The molecule has 7 heteroatoms. The van der Waals surface area contributed by atoms with Crippen LogP contribution < -0.4 is 5.56 Å². The number of aromatic nitrogens is 2. The Kier molecular flexibility index (Phi) is 2.60. The van der Waals surface area contributed by atoms with Crippen LogP contribution in [0, 0.1) is 0 Å². The van der Waals surface area contributed by atoms with Crippen molar-refractivity contribution in [2.45, 2.75) is 12.7 Å². The Bertz CT molecular complexity index is 360. The lowest BCUT2D eigenvalue weighted by Gasteiger charge is -2.08. The third-order valence-electron chi connectivity index (χ3n) is 1.22. The van der Waals surface area contributed by atoms with Crippen LogP contribution >= 0.6 is 11.6 Å². The standard InChI is InChI=1S/C6H4ClF3N2O/c7-4-5(13)12(2-1-11-4)3-6(8,9)10/h1-2H,3H2. The highest BCUT2D eigenvalue weighted by molar-refractivity contribution is 6.29. The summed E-state index contributed by atoms with van der Waals surface area (Å²) in [4.78, 5) is 14.2. The molecule has 0 unspecified atom stereocenters.